The van der Waals surface area contributed by atoms with Crippen LogP contribution in [-0.4, -0.2) is 45.5 Å². The molecular formula is C37H29N2O3S2+. The van der Waals surface area contributed by atoms with Crippen molar-refractivity contribution in [2.75, 3.05) is 33.1 Å². The number of Topliss-reactive ketones (excluding diaryl/α,β-unsaturated/α-hetero) is 3. The molecule has 1 unspecified atom stereocenters. The second kappa shape index (κ2) is 10.8. The molecule has 0 aromatic heterocycles. The lowest BCUT2D eigenvalue weighted by molar-refractivity contribution is -0.134. The van der Waals surface area contributed by atoms with Crippen molar-refractivity contribution >= 4 is 74.4 Å². The summed E-state index contributed by atoms with van der Waals surface area (Å²) in [5, 5.41) is 3.78. The first-order valence-electron chi connectivity index (χ1n) is 14.3. The zero-order chi connectivity index (χ0) is 30.7. The molecule has 5 nitrogen and oxygen atoms in total. The van der Waals surface area contributed by atoms with Crippen molar-refractivity contribution in [3.8, 4) is 10.4 Å². The zero-order valence-corrected chi connectivity index (χ0v) is 26.4. The van der Waals surface area contributed by atoms with Crippen LogP contribution in [0.4, 0.5) is 5.69 Å². The number of hydrogen-bond donors (Lipinski definition) is 0. The average Bonchev–Trinajstić information content (AvgIpc) is 3.21. The van der Waals surface area contributed by atoms with Gasteiger partial charge in [0.1, 0.15) is 20.0 Å². The smallest absolute Gasteiger partial charge is 0.233 e. The molecule has 44 heavy (non-hydrogen) atoms. The molecular weight excluding hydrogens is 585 g/mol. The molecule has 0 amide bonds. The molecule has 4 aliphatic rings. The van der Waals surface area contributed by atoms with E-state index in [0.29, 0.717) is 0 Å². The minimum atomic E-state index is -1.14. The third-order valence-corrected chi connectivity index (χ3v) is 10.5. The van der Waals surface area contributed by atoms with Gasteiger partial charge in [-0.05, 0) is 81.1 Å². The Labute approximate surface area is 263 Å². The van der Waals surface area contributed by atoms with Crippen LogP contribution < -0.4 is 25.3 Å². The van der Waals surface area contributed by atoms with Crippen LogP contribution in [0.2, 0.25) is 0 Å². The predicted molar refractivity (Wildman–Crippen MR) is 181 cm³/mol. The second-order valence-corrected chi connectivity index (χ2v) is 13.7. The number of allylic oxidation sites excluding steroid dienone is 1. The van der Waals surface area contributed by atoms with Gasteiger partial charge >= 0.3 is 0 Å². The van der Waals surface area contributed by atoms with E-state index in [-0.39, 0.29) is 5.57 Å². The quantitative estimate of drug-likeness (QED) is 0.0730. The Balaban J connectivity index is 1.30. The fourth-order valence-corrected chi connectivity index (χ4v) is 7.93. The maximum atomic E-state index is 13.7. The van der Waals surface area contributed by atoms with Gasteiger partial charge in [0, 0.05) is 51.3 Å². The van der Waals surface area contributed by atoms with E-state index in [1.807, 2.05) is 64.6 Å². The zero-order valence-electron chi connectivity index (χ0n) is 24.8. The highest BCUT2D eigenvalue weighted by molar-refractivity contribution is 7.99. The third-order valence-electron chi connectivity index (χ3n) is 8.21. The molecule has 1 atom stereocenters. The standard InChI is InChI=1S/C37H29N2O3S2/c1-38(2)25-13-11-23-17-27-21(7-5-9-31(27)43-33(23)19-25)15-29-35(40)30(37(42)36(29)41)16-22-8-6-10-32-28(22)18-24-12-14-26(39(3)4)20-34(24)44-32/h5-20,29H,1-4H3/q+1. The summed E-state index contributed by atoms with van der Waals surface area (Å²) in [7, 11) is 8.07. The van der Waals surface area contributed by atoms with Crippen molar-refractivity contribution in [1.82, 2.24) is 4.58 Å². The number of rotatable bonds is 3. The average molecular weight is 614 g/mol. The summed E-state index contributed by atoms with van der Waals surface area (Å²) in [6.45, 7) is 0. The van der Waals surface area contributed by atoms with Crippen LogP contribution in [-0.2, 0) is 14.4 Å². The van der Waals surface area contributed by atoms with Crippen LogP contribution >= 0.6 is 23.1 Å². The largest absolute Gasteiger partial charge is 0.378 e. The third kappa shape index (κ3) is 4.82. The minimum absolute atomic E-state index is 0.0542. The van der Waals surface area contributed by atoms with Gasteiger partial charge in [-0.2, -0.15) is 0 Å². The first-order valence-corrected chi connectivity index (χ1v) is 15.9. The highest BCUT2D eigenvalue weighted by Crippen LogP contribution is 2.36. The molecule has 2 aliphatic heterocycles. The van der Waals surface area contributed by atoms with Gasteiger partial charge in [0.15, 0.2) is 5.78 Å². The van der Waals surface area contributed by atoms with Gasteiger partial charge in [-0.1, -0.05) is 48.2 Å². The molecule has 216 valence electrons. The van der Waals surface area contributed by atoms with Crippen LogP contribution in [0, 0.1) is 5.92 Å². The van der Waals surface area contributed by atoms with Gasteiger partial charge in [0.2, 0.25) is 16.9 Å². The van der Waals surface area contributed by atoms with E-state index in [1.54, 1.807) is 35.3 Å². The lowest BCUT2D eigenvalue weighted by Gasteiger charge is -2.18. The Morgan fingerprint density at radius 1 is 0.841 bits per heavy atom. The fourth-order valence-electron chi connectivity index (χ4n) is 5.74. The molecule has 7 heteroatoms. The Morgan fingerprint density at radius 2 is 1.66 bits per heavy atom. The lowest BCUT2D eigenvalue weighted by Crippen LogP contribution is -2.30. The van der Waals surface area contributed by atoms with Crippen molar-refractivity contribution in [2.45, 2.75) is 9.79 Å². The molecule has 1 fully saturated rings. The van der Waals surface area contributed by atoms with E-state index < -0.39 is 23.3 Å². The Morgan fingerprint density at radius 3 is 2.45 bits per heavy atom. The molecule has 0 saturated heterocycles. The maximum absolute atomic E-state index is 13.7. The van der Waals surface area contributed by atoms with Gasteiger partial charge in [-0.15, -0.1) is 11.3 Å². The summed E-state index contributed by atoms with van der Waals surface area (Å²) >= 11 is 3.33. The van der Waals surface area contributed by atoms with Crippen LogP contribution in [0.1, 0.15) is 11.1 Å². The summed E-state index contributed by atoms with van der Waals surface area (Å²) in [5.74, 6) is -2.99. The summed E-state index contributed by atoms with van der Waals surface area (Å²) in [5.41, 5.74) is 3.97. The number of carbonyl (C=O) groups excluding carboxylic acids is 3. The highest BCUT2D eigenvalue weighted by Gasteiger charge is 2.43. The Bertz CT molecular complexity index is 2270. The summed E-state index contributed by atoms with van der Waals surface area (Å²) < 4.78 is 3.11. The lowest BCUT2D eigenvalue weighted by atomic mass is 10.0. The molecule has 2 aliphatic carbocycles. The molecule has 0 radical (unpaired) electrons. The second-order valence-electron chi connectivity index (χ2n) is 11.5. The summed E-state index contributed by atoms with van der Waals surface area (Å²) in [6.07, 6.45) is 5.37. The minimum Gasteiger partial charge on any atom is -0.378 e. The predicted octanol–water partition coefficient (Wildman–Crippen LogP) is 4.60. The molecule has 7 rings (SSSR count). The van der Waals surface area contributed by atoms with Gasteiger partial charge in [0.05, 0.1) is 5.57 Å². The number of benzene rings is 4. The molecule has 0 bridgehead atoms. The van der Waals surface area contributed by atoms with Crippen LogP contribution in [0.3, 0.4) is 0 Å². The number of fused-ring (bicyclic) bond motifs is 4. The van der Waals surface area contributed by atoms with Gasteiger partial charge < -0.3 is 4.90 Å². The first-order chi connectivity index (χ1) is 21.2. The van der Waals surface area contributed by atoms with E-state index in [4.69, 9.17) is 0 Å². The number of anilines is 1. The molecule has 3 aromatic rings. The van der Waals surface area contributed by atoms with Gasteiger partial charge in [-0.25, -0.2) is 4.58 Å². The van der Waals surface area contributed by atoms with E-state index in [1.165, 1.54) is 0 Å². The molecule has 3 aromatic carbocycles. The number of nitrogens with zero attached hydrogens (tertiary/aromatic N) is 2. The number of ketones is 3. The molecule has 2 heterocycles. The van der Waals surface area contributed by atoms with E-state index in [9.17, 15) is 14.4 Å². The highest BCUT2D eigenvalue weighted by atomic mass is 32.2. The van der Waals surface area contributed by atoms with Crippen molar-refractivity contribution < 1.29 is 14.4 Å². The van der Waals surface area contributed by atoms with Gasteiger partial charge in [0.25, 0.3) is 0 Å². The monoisotopic (exact) mass is 613 g/mol. The fraction of sp³-hybridized carbons (Fsp3) is 0.135. The van der Waals surface area contributed by atoms with Crippen molar-refractivity contribution in [1.29, 1.82) is 0 Å². The van der Waals surface area contributed by atoms with Gasteiger partial charge in [-0.3, -0.25) is 14.4 Å². The van der Waals surface area contributed by atoms with Crippen LogP contribution in [0.25, 0.3) is 38.8 Å². The summed E-state index contributed by atoms with van der Waals surface area (Å²) in [6, 6.07) is 26.4. The summed E-state index contributed by atoms with van der Waals surface area (Å²) in [4.78, 5) is 45.6. The number of carbonyl (C=O) groups is 3. The van der Waals surface area contributed by atoms with E-state index in [0.717, 1.165) is 62.9 Å². The molecule has 0 spiro atoms. The van der Waals surface area contributed by atoms with Crippen molar-refractivity contribution in [2.24, 2.45) is 5.92 Å². The SMILES string of the molecule is CN(C)c1ccc2c(c1)Sc1cccc(=CC3C(=O)C(=O)C(=Cc4cccc5sc6cc(=[N+](C)C)ccc-6cc45)C3=O)c1=C2. The van der Waals surface area contributed by atoms with Crippen LogP contribution in [0.5, 0.6) is 0 Å². The van der Waals surface area contributed by atoms with E-state index >= 15 is 0 Å². The Kier molecular flexibility index (Phi) is 6.95. The topological polar surface area (TPSA) is 57.5 Å². The van der Waals surface area contributed by atoms with Crippen molar-refractivity contribution in [3.63, 3.8) is 0 Å². The first kappa shape index (κ1) is 28.2. The molecule has 0 N–H and O–H groups in total. The Hall–Kier alpha value is -4.59. The van der Waals surface area contributed by atoms with E-state index in [2.05, 4.69) is 58.0 Å². The number of hydrogen-bond acceptors (Lipinski definition) is 6. The van der Waals surface area contributed by atoms with Crippen LogP contribution in [0.15, 0.2) is 94.2 Å². The maximum Gasteiger partial charge on any atom is 0.233 e. The van der Waals surface area contributed by atoms with Crippen molar-refractivity contribution in [3.05, 3.63) is 111 Å². The molecule has 1 saturated carbocycles. The normalized spacial score (nSPS) is 17.3.